The lowest BCUT2D eigenvalue weighted by molar-refractivity contribution is 0.106. The molecule has 1 unspecified atom stereocenters. The lowest BCUT2D eigenvalue weighted by Gasteiger charge is -2.31. The summed E-state index contributed by atoms with van der Waals surface area (Å²) in [6.45, 7) is 2.65. The zero-order chi connectivity index (χ0) is 18.6. The third-order valence-corrected chi connectivity index (χ3v) is 5.93. The van der Waals surface area contributed by atoms with Crippen molar-refractivity contribution in [1.82, 2.24) is 10.2 Å². The molecule has 3 N–H and O–H groups in total. The van der Waals surface area contributed by atoms with Crippen LogP contribution in [0.2, 0.25) is 0 Å². The van der Waals surface area contributed by atoms with Crippen molar-refractivity contribution in [3.63, 3.8) is 0 Å². The molecular weight excluding hydrogens is 350 g/mol. The van der Waals surface area contributed by atoms with Crippen molar-refractivity contribution in [1.29, 1.82) is 0 Å². The minimum absolute atomic E-state index is 0.255. The maximum atomic E-state index is 12.6. The molecule has 6 nitrogen and oxygen atoms in total. The number of aliphatic hydroxyl groups is 1. The molecule has 2 aromatic rings. The minimum atomic E-state index is -3.60. The van der Waals surface area contributed by atoms with Gasteiger partial charge in [-0.1, -0.05) is 30.3 Å². The van der Waals surface area contributed by atoms with Gasteiger partial charge in [-0.15, -0.1) is 0 Å². The Balaban J connectivity index is 1.77. The van der Waals surface area contributed by atoms with Crippen LogP contribution in [0, 0.1) is 0 Å². The highest BCUT2D eigenvalue weighted by atomic mass is 32.2. The Morgan fingerprint density at radius 2 is 1.92 bits per heavy atom. The summed E-state index contributed by atoms with van der Waals surface area (Å²) in [5.74, 6) is 0. The van der Waals surface area contributed by atoms with E-state index < -0.39 is 16.1 Å². The number of nitrogens with one attached hydrogen (secondary N) is 2. The second-order valence-corrected chi connectivity index (χ2v) is 8.24. The predicted molar refractivity (Wildman–Crippen MR) is 103 cm³/mol. The molecule has 0 amide bonds. The van der Waals surface area contributed by atoms with Crippen molar-refractivity contribution in [2.24, 2.45) is 0 Å². The van der Waals surface area contributed by atoms with Gasteiger partial charge < -0.3 is 10.4 Å². The van der Waals surface area contributed by atoms with Gasteiger partial charge >= 0.3 is 0 Å². The highest BCUT2D eigenvalue weighted by Crippen LogP contribution is 2.28. The summed E-state index contributed by atoms with van der Waals surface area (Å²) in [4.78, 5) is 2.45. The van der Waals surface area contributed by atoms with E-state index in [-0.39, 0.29) is 4.90 Å². The molecule has 140 valence electrons. The van der Waals surface area contributed by atoms with Crippen molar-refractivity contribution in [3.8, 4) is 0 Å². The van der Waals surface area contributed by atoms with Gasteiger partial charge in [-0.25, -0.2) is 8.42 Å². The Hall–Kier alpha value is -1.93. The average molecular weight is 375 g/mol. The Morgan fingerprint density at radius 3 is 2.65 bits per heavy atom. The van der Waals surface area contributed by atoms with Gasteiger partial charge in [0.15, 0.2) is 0 Å². The smallest absolute Gasteiger partial charge is 0.261 e. The van der Waals surface area contributed by atoms with Gasteiger partial charge in [0.1, 0.15) is 0 Å². The number of β-amino-alcohol motifs (C(OH)–C–C–N with tert-alkyl or cyclic N) is 1. The number of hydrogen-bond acceptors (Lipinski definition) is 5. The second-order valence-electron chi connectivity index (χ2n) is 6.56. The van der Waals surface area contributed by atoms with Gasteiger partial charge in [0.2, 0.25) is 0 Å². The van der Waals surface area contributed by atoms with Crippen molar-refractivity contribution < 1.29 is 13.5 Å². The molecule has 1 aliphatic heterocycles. The van der Waals surface area contributed by atoms with E-state index in [2.05, 4.69) is 14.9 Å². The van der Waals surface area contributed by atoms with E-state index in [1.807, 2.05) is 25.2 Å². The van der Waals surface area contributed by atoms with Crippen LogP contribution in [0.15, 0.2) is 53.4 Å². The first-order chi connectivity index (χ1) is 12.5. The van der Waals surface area contributed by atoms with Crippen molar-refractivity contribution in [2.75, 3.05) is 31.4 Å². The number of aliphatic hydroxyl groups excluding tert-OH is 1. The number of anilines is 1. The van der Waals surface area contributed by atoms with Crippen LogP contribution in [0.4, 0.5) is 5.69 Å². The van der Waals surface area contributed by atoms with E-state index in [1.54, 1.807) is 30.3 Å². The lowest BCUT2D eigenvalue weighted by atomic mass is 9.98. The number of likely N-dealkylation sites (N-methyl/N-ethyl adjacent to an activating group) is 1. The first-order valence-electron chi connectivity index (χ1n) is 8.73. The number of sulfonamides is 1. The van der Waals surface area contributed by atoms with Crippen molar-refractivity contribution >= 4 is 15.7 Å². The highest BCUT2D eigenvalue weighted by Gasteiger charge is 2.22. The number of rotatable bonds is 7. The fourth-order valence-corrected chi connectivity index (χ4v) is 4.43. The zero-order valence-corrected chi connectivity index (χ0v) is 15.7. The summed E-state index contributed by atoms with van der Waals surface area (Å²) < 4.78 is 27.9. The number of hydrogen-bond donors (Lipinski definition) is 3. The molecule has 0 aromatic heterocycles. The molecule has 0 saturated carbocycles. The molecule has 0 bridgehead atoms. The Kier molecular flexibility index (Phi) is 5.93. The number of nitrogens with zero attached hydrogens (tertiary/aromatic N) is 1. The predicted octanol–water partition coefficient (Wildman–Crippen LogP) is 1.43. The summed E-state index contributed by atoms with van der Waals surface area (Å²) in [5.41, 5.74) is 2.77. The van der Waals surface area contributed by atoms with Crippen LogP contribution in [0.1, 0.15) is 11.1 Å². The van der Waals surface area contributed by atoms with Gasteiger partial charge in [0.05, 0.1) is 16.7 Å². The SMILES string of the molecule is CNCC(O)CN1CCc2c(cccc2NS(=O)(=O)c2ccccc2)C1. The van der Waals surface area contributed by atoms with E-state index in [1.165, 1.54) is 0 Å². The lowest BCUT2D eigenvalue weighted by Crippen LogP contribution is -2.40. The quantitative estimate of drug-likeness (QED) is 0.682. The van der Waals surface area contributed by atoms with E-state index in [4.69, 9.17) is 0 Å². The molecule has 26 heavy (non-hydrogen) atoms. The van der Waals surface area contributed by atoms with Crippen molar-refractivity contribution in [3.05, 3.63) is 59.7 Å². The molecule has 1 aliphatic rings. The van der Waals surface area contributed by atoms with Crippen LogP contribution >= 0.6 is 0 Å². The molecular formula is C19H25N3O3S. The third-order valence-electron chi connectivity index (χ3n) is 4.55. The average Bonchev–Trinajstić information content (AvgIpc) is 2.62. The van der Waals surface area contributed by atoms with E-state index in [0.717, 1.165) is 24.1 Å². The van der Waals surface area contributed by atoms with Crippen LogP contribution in [-0.4, -0.2) is 51.2 Å². The van der Waals surface area contributed by atoms with Crippen LogP contribution in [-0.2, 0) is 23.0 Å². The number of fused-ring (bicyclic) bond motifs is 1. The molecule has 0 saturated heterocycles. The third kappa shape index (κ3) is 4.42. The molecule has 0 aliphatic carbocycles. The Labute approximate surface area is 154 Å². The summed E-state index contributed by atoms with van der Waals surface area (Å²) in [6.07, 6.45) is 0.330. The fraction of sp³-hybridized carbons (Fsp3) is 0.368. The maximum Gasteiger partial charge on any atom is 0.261 e. The summed E-state index contributed by atoms with van der Waals surface area (Å²) in [5, 5.41) is 13.0. The normalized spacial score (nSPS) is 16.1. The Morgan fingerprint density at radius 1 is 1.15 bits per heavy atom. The first kappa shape index (κ1) is 18.8. The summed E-state index contributed by atoms with van der Waals surface area (Å²) in [6, 6.07) is 14.1. The van der Waals surface area contributed by atoms with E-state index in [9.17, 15) is 13.5 Å². The van der Waals surface area contributed by atoms with Crippen LogP contribution in [0.25, 0.3) is 0 Å². The fourth-order valence-electron chi connectivity index (χ4n) is 3.32. The molecule has 1 heterocycles. The minimum Gasteiger partial charge on any atom is -0.390 e. The molecule has 0 spiro atoms. The second kappa shape index (κ2) is 8.18. The highest BCUT2D eigenvalue weighted by molar-refractivity contribution is 7.92. The standard InChI is InChI=1S/C19H25N3O3S/c1-20-12-16(23)14-22-11-10-18-15(13-22)6-5-9-19(18)21-26(24,25)17-7-3-2-4-8-17/h2-9,16,20-21,23H,10-14H2,1H3. The van der Waals surface area contributed by atoms with Gasteiger partial charge in [-0.05, 0) is 42.8 Å². The molecule has 7 heteroatoms. The monoisotopic (exact) mass is 375 g/mol. The van der Waals surface area contributed by atoms with Crippen molar-refractivity contribution in [2.45, 2.75) is 24.0 Å². The summed E-state index contributed by atoms with van der Waals surface area (Å²) in [7, 11) is -1.78. The largest absolute Gasteiger partial charge is 0.390 e. The van der Waals surface area contributed by atoms with Gasteiger partial charge in [0.25, 0.3) is 10.0 Å². The van der Waals surface area contributed by atoms with Crippen LogP contribution in [0.5, 0.6) is 0 Å². The van der Waals surface area contributed by atoms with Gasteiger partial charge in [-0.3, -0.25) is 9.62 Å². The molecule has 3 rings (SSSR count). The molecule has 1 atom stereocenters. The van der Waals surface area contributed by atoms with E-state index in [0.29, 0.717) is 25.3 Å². The topological polar surface area (TPSA) is 81.7 Å². The first-order valence-corrected chi connectivity index (χ1v) is 10.2. The molecule has 0 radical (unpaired) electrons. The molecule has 0 fully saturated rings. The summed E-state index contributed by atoms with van der Waals surface area (Å²) >= 11 is 0. The van der Waals surface area contributed by atoms with E-state index >= 15 is 0 Å². The zero-order valence-electron chi connectivity index (χ0n) is 14.9. The Bertz CT molecular complexity index is 840. The van der Waals surface area contributed by atoms with Crippen LogP contribution < -0.4 is 10.0 Å². The maximum absolute atomic E-state index is 12.6. The van der Waals surface area contributed by atoms with Gasteiger partial charge in [-0.2, -0.15) is 0 Å². The number of benzene rings is 2. The molecule has 2 aromatic carbocycles. The van der Waals surface area contributed by atoms with Gasteiger partial charge in [0, 0.05) is 26.2 Å². The van der Waals surface area contributed by atoms with Crippen LogP contribution in [0.3, 0.4) is 0 Å².